The highest BCUT2D eigenvalue weighted by atomic mass is 16.3. The third kappa shape index (κ3) is 2.96. The number of carbonyl (C=O) groups is 1. The Balaban J connectivity index is 3.08. The summed E-state index contributed by atoms with van der Waals surface area (Å²) in [6, 6.07) is -0.0656. The van der Waals surface area contributed by atoms with Crippen LogP contribution in [0.3, 0.4) is 0 Å². The van der Waals surface area contributed by atoms with Gasteiger partial charge in [-0.2, -0.15) is 0 Å². The summed E-state index contributed by atoms with van der Waals surface area (Å²) in [7, 11) is 0. The molecule has 0 unspecified atom stereocenters. The van der Waals surface area contributed by atoms with Gasteiger partial charge in [-0.15, -0.1) is 0 Å². The molecule has 0 atom stereocenters. The van der Waals surface area contributed by atoms with Crippen LogP contribution in [-0.2, 0) is 11.3 Å². The second-order valence-electron chi connectivity index (χ2n) is 4.02. The SMILES string of the molecule is Cc1c(O)n(CC(=O)NC(C)C)c(=O)[nH]c1=O. The molecule has 1 rings (SSSR count). The van der Waals surface area contributed by atoms with Crippen molar-refractivity contribution in [2.75, 3.05) is 0 Å². The average Bonchev–Trinajstić information content (AvgIpc) is 2.20. The number of nitrogens with zero attached hydrogens (tertiary/aromatic N) is 1. The lowest BCUT2D eigenvalue weighted by atomic mass is 10.3. The molecule has 0 fully saturated rings. The van der Waals surface area contributed by atoms with E-state index in [0.717, 1.165) is 4.57 Å². The molecule has 0 aliphatic rings. The van der Waals surface area contributed by atoms with Gasteiger partial charge >= 0.3 is 5.69 Å². The van der Waals surface area contributed by atoms with Crippen molar-refractivity contribution in [2.45, 2.75) is 33.4 Å². The van der Waals surface area contributed by atoms with Crippen molar-refractivity contribution in [3.63, 3.8) is 0 Å². The maximum absolute atomic E-state index is 11.4. The molecule has 17 heavy (non-hydrogen) atoms. The Bertz CT molecular complexity index is 541. The monoisotopic (exact) mass is 241 g/mol. The smallest absolute Gasteiger partial charge is 0.331 e. The molecular formula is C10H15N3O4. The zero-order chi connectivity index (χ0) is 13.2. The predicted molar refractivity (Wildman–Crippen MR) is 61.0 cm³/mol. The van der Waals surface area contributed by atoms with Crippen LogP contribution in [0.4, 0.5) is 0 Å². The van der Waals surface area contributed by atoms with E-state index in [2.05, 4.69) is 5.32 Å². The lowest BCUT2D eigenvalue weighted by Crippen LogP contribution is -2.38. The number of hydrogen-bond acceptors (Lipinski definition) is 4. The van der Waals surface area contributed by atoms with Crippen LogP contribution in [0.1, 0.15) is 19.4 Å². The molecule has 94 valence electrons. The van der Waals surface area contributed by atoms with Crippen molar-refractivity contribution in [3.8, 4) is 5.88 Å². The molecule has 0 spiro atoms. The fourth-order valence-corrected chi connectivity index (χ4v) is 1.32. The minimum Gasteiger partial charge on any atom is -0.494 e. The van der Waals surface area contributed by atoms with E-state index in [1.807, 2.05) is 4.98 Å². The van der Waals surface area contributed by atoms with Gasteiger partial charge in [0.1, 0.15) is 6.54 Å². The number of amides is 1. The zero-order valence-electron chi connectivity index (χ0n) is 9.90. The van der Waals surface area contributed by atoms with Gasteiger partial charge in [-0.25, -0.2) is 4.79 Å². The Hall–Kier alpha value is -2.05. The second-order valence-corrected chi connectivity index (χ2v) is 4.02. The molecule has 1 heterocycles. The number of aromatic amines is 1. The Morgan fingerprint density at radius 2 is 2.06 bits per heavy atom. The third-order valence-corrected chi connectivity index (χ3v) is 2.15. The molecular weight excluding hydrogens is 226 g/mol. The van der Waals surface area contributed by atoms with Crippen molar-refractivity contribution in [3.05, 3.63) is 26.4 Å². The molecule has 7 nitrogen and oxygen atoms in total. The standard InChI is InChI=1S/C10H15N3O4/c1-5(2)11-7(14)4-13-9(16)6(3)8(15)12-10(13)17/h5,16H,4H2,1-3H3,(H,11,14)(H,12,15,17). The van der Waals surface area contributed by atoms with Crippen molar-refractivity contribution in [1.82, 2.24) is 14.9 Å². The summed E-state index contributed by atoms with van der Waals surface area (Å²) in [4.78, 5) is 36.0. The molecule has 3 N–H and O–H groups in total. The maximum Gasteiger partial charge on any atom is 0.331 e. The van der Waals surface area contributed by atoms with Gasteiger partial charge in [0.05, 0.1) is 5.56 Å². The Kier molecular flexibility index (Phi) is 3.72. The van der Waals surface area contributed by atoms with Crippen LogP contribution >= 0.6 is 0 Å². The van der Waals surface area contributed by atoms with Crippen LogP contribution in [0.5, 0.6) is 5.88 Å². The highest BCUT2D eigenvalue weighted by Crippen LogP contribution is 2.07. The Morgan fingerprint density at radius 1 is 1.47 bits per heavy atom. The molecule has 0 aromatic carbocycles. The van der Waals surface area contributed by atoms with Crippen LogP contribution < -0.4 is 16.6 Å². The van der Waals surface area contributed by atoms with Gasteiger partial charge < -0.3 is 10.4 Å². The number of aromatic hydroxyl groups is 1. The van der Waals surface area contributed by atoms with Crippen LogP contribution in [0.25, 0.3) is 0 Å². The summed E-state index contributed by atoms with van der Waals surface area (Å²) in [6.45, 7) is 4.59. The second kappa shape index (κ2) is 4.86. The lowest BCUT2D eigenvalue weighted by Gasteiger charge is -2.11. The lowest BCUT2D eigenvalue weighted by molar-refractivity contribution is -0.122. The fraction of sp³-hybridized carbons (Fsp3) is 0.500. The fourth-order valence-electron chi connectivity index (χ4n) is 1.32. The molecule has 0 saturated carbocycles. The van der Waals surface area contributed by atoms with Crippen molar-refractivity contribution < 1.29 is 9.90 Å². The molecule has 1 aromatic heterocycles. The molecule has 1 amide bonds. The summed E-state index contributed by atoms with van der Waals surface area (Å²) < 4.78 is 0.814. The van der Waals surface area contributed by atoms with E-state index in [1.54, 1.807) is 13.8 Å². The van der Waals surface area contributed by atoms with E-state index >= 15 is 0 Å². The van der Waals surface area contributed by atoms with Gasteiger partial charge in [0.2, 0.25) is 11.8 Å². The highest BCUT2D eigenvalue weighted by molar-refractivity contribution is 5.76. The molecule has 1 aromatic rings. The van der Waals surface area contributed by atoms with E-state index in [-0.39, 0.29) is 18.2 Å². The quantitative estimate of drug-likeness (QED) is 0.636. The van der Waals surface area contributed by atoms with E-state index in [9.17, 15) is 19.5 Å². The van der Waals surface area contributed by atoms with Gasteiger partial charge in [-0.05, 0) is 20.8 Å². The first-order valence-corrected chi connectivity index (χ1v) is 5.15. The number of hydrogen-bond donors (Lipinski definition) is 3. The van der Waals surface area contributed by atoms with E-state index in [0.29, 0.717) is 0 Å². The summed E-state index contributed by atoms with van der Waals surface area (Å²) in [5.74, 6) is -0.901. The molecule has 0 aliphatic carbocycles. The first-order chi connectivity index (χ1) is 7.82. The summed E-state index contributed by atoms with van der Waals surface area (Å²) >= 11 is 0. The minimum absolute atomic E-state index is 0.00180. The molecule has 0 bridgehead atoms. The van der Waals surface area contributed by atoms with Crippen LogP contribution in [-0.4, -0.2) is 26.6 Å². The predicted octanol–water partition coefficient (Wildman–Crippen LogP) is -0.925. The van der Waals surface area contributed by atoms with Gasteiger partial charge in [0.15, 0.2) is 0 Å². The first kappa shape index (κ1) is 13.0. The van der Waals surface area contributed by atoms with Crippen molar-refractivity contribution in [1.29, 1.82) is 0 Å². The van der Waals surface area contributed by atoms with Gasteiger partial charge in [-0.3, -0.25) is 19.1 Å². The maximum atomic E-state index is 11.4. The van der Waals surface area contributed by atoms with Crippen LogP contribution in [0.2, 0.25) is 0 Å². The molecule has 0 radical (unpaired) electrons. The zero-order valence-corrected chi connectivity index (χ0v) is 9.90. The highest BCUT2D eigenvalue weighted by Gasteiger charge is 2.13. The van der Waals surface area contributed by atoms with E-state index in [4.69, 9.17) is 0 Å². The summed E-state index contributed by atoms with van der Waals surface area (Å²) in [6.07, 6.45) is 0. The number of rotatable bonds is 3. The number of aromatic nitrogens is 2. The van der Waals surface area contributed by atoms with Crippen molar-refractivity contribution in [2.24, 2.45) is 0 Å². The Labute approximate surface area is 97.1 Å². The normalized spacial score (nSPS) is 10.6. The Morgan fingerprint density at radius 3 is 2.59 bits per heavy atom. The molecule has 7 heteroatoms. The van der Waals surface area contributed by atoms with E-state index in [1.165, 1.54) is 6.92 Å². The van der Waals surface area contributed by atoms with Crippen molar-refractivity contribution >= 4 is 5.91 Å². The minimum atomic E-state index is -0.808. The van der Waals surface area contributed by atoms with E-state index < -0.39 is 23.0 Å². The number of carbonyl (C=O) groups excluding carboxylic acids is 1. The first-order valence-electron chi connectivity index (χ1n) is 5.15. The van der Waals surface area contributed by atoms with Crippen LogP contribution in [0, 0.1) is 6.92 Å². The van der Waals surface area contributed by atoms with Gasteiger partial charge in [-0.1, -0.05) is 0 Å². The van der Waals surface area contributed by atoms with Gasteiger partial charge in [0.25, 0.3) is 5.56 Å². The van der Waals surface area contributed by atoms with Gasteiger partial charge in [0, 0.05) is 6.04 Å². The number of H-pyrrole nitrogens is 1. The summed E-state index contributed by atoms with van der Waals surface area (Å²) in [5.41, 5.74) is -1.47. The topological polar surface area (TPSA) is 104 Å². The molecule has 0 saturated heterocycles. The third-order valence-electron chi connectivity index (χ3n) is 2.15. The summed E-state index contributed by atoms with van der Waals surface area (Å²) in [5, 5.41) is 12.2. The molecule has 0 aliphatic heterocycles. The largest absolute Gasteiger partial charge is 0.494 e. The van der Waals surface area contributed by atoms with Crippen LogP contribution in [0.15, 0.2) is 9.59 Å². The number of nitrogens with one attached hydrogen (secondary N) is 2. The average molecular weight is 241 g/mol.